The van der Waals surface area contributed by atoms with Gasteiger partial charge in [0, 0.05) is 0 Å². The van der Waals surface area contributed by atoms with Crippen LogP contribution in [0.3, 0.4) is 0 Å². The predicted molar refractivity (Wildman–Crippen MR) is 61.1 cm³/mol. The molecule has 0 bridgehead atoms. The first-order chi connectivity index (χ1) is 7.08. The van der Waals surface area contributed by atoms with Crippen LogP contribution in [0.1, 0.15) is 32.6 Å². The molecule has 15 heavy (non-hydrogen) atoms. The average molecular weight is 216 g/mol. The number of nitrogens with one attached hydrogen (secondary N) is 1. The smallest absolute Gasteiger partial charge is 0.126 e. The van der Waals surface area contributed by atoms with Gasteiger partial charge in [0.25, 0.3) is 0 Å². The Morgan fingerprint density at radius 2 is 1.87 bits per heavy atom. The third-order valence-corrected chi connectivity index (χ3v) is 3.13. The van der Waals surface area contributed by atoms with E-state index in [9.17, 15) is 5.11 Å². The lowest BCUT2D eigenvalue weighted by Gasteiger charge is -2.27. The van der Waals surface area contributed by atoms with E-state index < -0.39 is 0 Å². The second-order valence-corrected chi connectivity index (χ2v) is 5.28. The van der Waals surface area contributed by atoms with E-state index in [0.717, 1.165) is 12.5 Å². The van der Waals surface area contributed by atoms with E-state index in [2.05, 4.69) is 6.92 Å². The van der Waals surface area contributed by atoms with Gasteiger partial charge in [0.05, 0.1) is 26.8 Å². The van der Waals surface area contributed by atoms with E-state index in [1.807, 2.05) is 14.1 Å². The number of rotatable bonds is 5. The van der Waals surface area contributed by atoms with Crippen LogP contribution in [0.4, 0.5) is 0 Å². The van der Waals surface area contributed by atoms with Gasteiger partial charge < -0.3 is 14.7 Å². The standard InChI is InChI=1S/C12H25NO2/c1-10-4-6-12(7-5-10)15-9-11(14)8-13(2)3/h10-12,14H,4-9H2,1-3H3/p+1/t10?,11-,12?/m0/s1. The minimum absolute atomic E-state index is 0.311. The molecule has 0 aromatic rings. The van der Waals surface area contributed by atoms with Crippen LogP contribution in [0.15, 0.2) is 0 Å². The number of hydrogen-bond donors (Lipinski definition) is 2. The number of ether oxygens (including phenoxy) is 1. The molecular weight excluding hydrogens is 190 g/mol. The summed E-state index contributed by atoms with van der Waals surface area (Å²) in [6.45, 7) is 3.58. The molecule has 3 nitrogen and oxygen atoms in total. The fraction of sp³-hybridized carbons (Fsp3) is 1.00. The van der Waals surface area contributed by atoms with Crippen LogP contribution in [0.25, 0.3) is 0 Å². The molecule has 0 aromatic carbocycles. The van der Waals surface area contributed by atoms with Crippen LogP contribution >= 0.6 is 0 Å². The third-order valence-electron chi connectivity index (χ3n) is 3.13. The van der Waals surface area contributed by atoms with Gasteiger partial charge in [-0.25, -0.2) is 0 Å². The van der Waals surface area contributed by atoms with Gasteiger partial charge in [-0.15, -0.1) is 0 Å². The molecular formula is C12H26NO2+. The summed E-state index contributed by atoms with van der Waals surface area (Å²) in [7, 11) is 4.09. The second kappa shape index (κ2) is 6.46. The Labute approximate surface area is 93.4 Å². The summed E-state index contributed by atoms with van der Waals surface area (Å²) in [5.74, 6) is 0.862. The zero-order chi connectivity index (χ0) is 11.3. The minimum atomic E-state index is -0.311. The molecule has 0 amide bonds. The number of likely N-dealkylation sites (N-methyl/N-ethyl adjacent to an activating group) is 1. The van der Waals surface area contributed by atoms with E-state index in [1.165, 1.54) is 30.6 Å². The number of aliphatic hydroxyl groups is 1. The Bertz CT molecular complexity index is 165. The van der Waals surface area contributed by atoms with Crippen molar-refractivity contribution >= 4 is 0 Å². The van der Waals surface area contributed by atoms with Gasteiger partial charge in [-0.2, -0.15) is 0 Å². The van der Waals surface area contributed by atoms with Gasteiger partial charge in [0.15, 0.2) is 0 Å². The van der Waals surface area contributed by atoms with Crippen molar-refractivity contribution in [2.75, 3.05) is 27.2 Å². The highest BCUT2D eigenvalue weighted by Gasteiger charge is 2.20. The Balaban J connectivity index is 2.09. The zero-order valence-corrected chi connectivity index (χ0v) is 10.3. The monoisotopic (exact) mass is 216 g/mol. The summed E-state index contributed by atoms with van der Waals surface area (Å²) >= 11 is 0. The van der Waals surface area contributed by atoms with Gasteiger partial charge >= 0.3 is 0 Å². The molecule has 0 aromatic heterocycles. The summed E-state index contributed by atoms with van der Waals surface area (Å²) in [4.78, 5) is 1.27. The number of aliphatic hydroxyl groups excluding tert-OH is 1. The first-order valence-electron chi connectivity index (χ1n) is 6.16. The molecule has 0 saturated heterocycles. The third kappa shape index (κ3) is 5.50. The van der Waals surface area contributed by atoms with Crippen LogP contribution < -0.4 is 4.90 Å². The molecule has 0 aliphatic heterocycles. The molecule has 1 aliphatic carbocycles. The Morgan fingerprint density at radius 1 is 1.27 bits per heavy atom. The summed E-state index contributed by atoms with van der Waals surface area (Å²) in [6, 6.07) is 0. The molecule has 1 fully saturated rings. The van der Waals surface area contributed by atoms with Crippen LogP contribution in [0.2, 0.25) is 0 Å². The first kappa shape index (κ1) is 12.9. The lowest BCUT2D eigenvalue weighted by atomic mass is 9.89. The van der Waals surface area contributed by atoms with E-state index in [4.69, 9.17) is 4.74 Å². The first-order valence-corrected chi connectivity index (χ1v) is 6.16. The maximum atomic E-state index is 9.66. The largest absolute Gasteiger partial charge is 0.385 e. The van der Waals surface area contributed by atoms with Crippen molar-refractivity contribution < 1.29 is 14.7 Å². The number of hydrogen-bond acceptors (Lipinski definition) is 2. The summed E-state index contributed by atoms with van der Waals surface area (Å²) in [6.07, 6.45) is 4.98. The van der Waals surface area contributed by atoms with Crippen LogP contribution in [0, 0.1) is 5.92 Å². The molecule has 0 unspecified atom stereocenters. The van der Waals surface area contributed by atoms with Crippen molar-refractivity contribution in [3.05, 3.63) is 0 Å². The molecule has 1 aliphatic rings. The highest BCUT2D eigenvalue weighted by molar-refractivity contribution is 4.70. The van der Waals surface area contributed by atoms with E-state index in [1.54, 1.807) is 0 Å². The van der Waals surface area contributed by atoms with Gasteiger partial charge in [-0.3, -0.25) is 0 Å². The van der Waals surface area contributed by atoms with E-state index >= 15 is 0 Å². The van der Waals surface area contributed by atoms with Crippen LogP contribution in [-0.2, 0) is 4.74 Å². The normalized spacial score (nSPS) is 29.4. The summed E-state index contributed by atoms with van der Waals surface area (Å²) in [5, 5.41) is 9.66. The molecule has 1 atom stereocenters. The minimum Gasteiger partial charge on any atom is -0.385 e. The summed E-state index contributed by atoms with van der Waals surface area (Å²) < 4.78 is 5.73. The highest BCUT2D eigenvalue weighted by Crippen LogP contribution is 2.25. The molecule has 3 heteroatoms. The zero-order valence-electron chi connectivity index (χ0n) is 10.3. The molecule has 1 rings (SSSR count). The van der Waals surface area contributed by atoms with E-state index in [0.29, 0.717) is 12.7 Å². The Kier molecular flexibility index (Phi) is 5.58. The Morgan fingerprint density at radius 3 is 2.40 bits per heavy atom. The molecule has 90 valence electrons. The van der Waals surface area contributed by atoms with Crippen molar-refractivity contribution in [3.8, 4) is 0 Å². The maximum Gasteiger partial charge on any atom is 0.126 e. The lowest BCUT2D eigenvalue weighted by Crippen LogP contribution is -3.07. The fourth-order valence-corrected chi connectivity index (χ4v) is 2.17. The lowest BCUT2D eigenvalue weighted by molar-refractivity contribution is -0.861. The van der Waals surface area contributed by atoms with Gasteiger partial charge in [0.2, 0.25) is 0 Å². The van der Waals surface area contributed by atoms with Crippen LogP contribution in [0.5, 0.6) is 0 Å². The molecule has 1 saturated carbocycles. The average Bonchev–Trinajstić information content (AvgIpc) is 2.16. The van der Waals surface area contributed by atoms with Gasteiger partial charge in [-0.1, -0.05) is 6.92 Å². The quantitative estimate of drug-likeness (QED) is 0.683. The maximum absolute atomic E-state index is 9.66. The molecule has 0 radical (unpaired) electrons. The fourth-order valence-electron chi connectivity index (χ4n) is 2.17. The van der Waals surface area contributed by atoms with Crippen molar-refractivity contribution in [2.24, 2.45) is 5.92 Å². The van der Waals surface area contributed by atoms with Crippen molar-refractivity contribution in [3.63, 3.8) is 0 Å². The Hall–Kier alpha value is -0.120. The predicted octanol–water partition coefficient (Wildman–Crippen LogP) is 0.0871. The van der Waals surface area contributed by atoms with E-state index in [-0.39, 0.29) is 6.10 Å². The SMILES string of the molecule is CC1CCC(OC[C@@H](O)C[NH+](C)C)CC1. The molecule has 0 spiro atoms. The van der Waals surface area contributed by atoms with Crippen LogP contribution in [-0.4, -0.2) is 44.6 Å². The topological polar surface area (TPSA) is 33.9 Å². The second-order valence-electron chi connectivity index (χ2n) is 5.28. The van der Waals surface area contributed by atoms with Crippen molar-refractivity contribution in [1.82, 2.24) is 0 Å². The van der Waals surface area contributed by atoms with Gasteiger partial charge in [0.1, 0.15) is 12.6 Å². The summed E-state index contributed by atoms with van der Waals surface area (Å²) in [5.41, 5.74) is 0. The highest BCUT2D eigenvalue weighted by atomic mass is 16.5. The molecule has 2 N–H and O–H groups in total. The number of quaternary nitrogens is 1. The van der Waals surface area contributed by atoms with Gasteiger partial charge in [-0.05, 0) is 31.6 Å². The van der Waals surface area contributed by atoms with Crippen molar-refractivity contribution in [2.45, 2.75) is 44.8 Å². The molecule has 0 heterocycles. The van der Waals surface area contributed by atoms with Crippen molar-refractivity contribution in [1.29, 1.82) is 0 Å².